The van der Waals surface area contributed by atoms with Crippen LogP contribution in [0.4, 0.5) is 5.69 Å². The van der Waals surface area contributed by atoms with Gasteiger partial charge in [-0.1, -0.05) is 6.08 Å². The molecule has 0 amide bonds. The summed E-state index contributed by atoms with van der Waals surface area (Å²) in [5.41, 5.74) is 3.92. The van der Waals surface area contributed by atoms with Crippen molar-refractivity contribution in [3.8, 4) is 11.5 Å². The minimum Gasteiger partial charge on any atom is -0.504 e. The van der Waals surface area contributed by atoms with Crippen molar-refractivity contribution >= 4 is 11.5 Å². The fourth-order valence-corrected chi connectivity index (χ4v) is 3.74. The number of phenols is 1. The SMILES string of the molecule is C=CCc1cc(C[NH+]2CCN(c3ccc(C(C)=O)cc3)CC2)c(O)c(OC)c1. The summed E-state index contributed by atoms with van der Waals surface area (Å²) < 4.78 is 5.34. The second-order valence-corrected chi connectivity index (χ2v) is 7.32. The number of hydrogen-bond acceptors (Lipinski definition) is 4. The lowest BCUT2D eigenvalue weighted by Crippen LogP contribution is -3.13. The smallest absolute Gasteiger partial charge is 0.166 e. The van der Waals surface area contributed by atoms with E-state index in [0.717, 1.165) is 61.5 Å². The number of rotatable bonds is 7. The van der Waals surface area contributed by atoms with Crippen molar-refractivity contribution in [2.24, 2.45) is 0 Å². The topological polar surface area (TPSA) is 54.2 Å². The van der Waals surface area contributed by atoms with Gasteiger partial charge in [0, 0.05) is 11.3 Å². The molecule has 0 unspecified atom stereocenters. The van der Waals surface area contributed by atoms with Crippen molar-refractivity contribution in [3.63, 3.8) is 0 Å². The number of nitrogens with one attached hydrogen (secondary N) is 1. The zero-order valence-corrected chi connectivity index (χ0v) is 16.7. The molecule has 1 saturated heterocycles. The van der Waals surface area contributed by atoms with Crippen LogP contribution in [-0.4, -0.2) is 44.2 Å². The summed E-state index contributed by atoms with van der Waals surface area (Å²) in [5, 5.41) is 10.5. The summed E-state index contributed by atoms with van der Waals surface area (Å²) in [4.78, 5) is 15.2. The second-order valence-electron chi connectivity index (χ2n) is 7.32. The van der Waals surface area contributed by atoms with E-state index in [9.17, 15) is 9.90 Å². The predicted molar refractivity (Wildman–Crippen MR) is 112 cm³/mol. The van der Waals surface area contributed by atoms with Crippen LogP contribution >= 0.6 is 0 Å². The molecule has 1 fully saturated rings. The molecule has 2 N–H and O–H groups in total. The lowest BCUT2D eigenvalue weighted by molar-refractivity contribution is -0.914. The van der Waals surface area contributed by atoms with Gasteiger partial charge in [-0.3, -0.25) is 4.79 Å². The normalized spacial score (nSPS) is 14.7. The third kappa shape index (κ3) is 4.54. The van der Waals surface area contributed by atoms with Gasteiger partial charge in [0.2, 0.25) is 0 Å². The molecule has 1 heterocycles. The number of methoxy groups -OCH3 is 1. The number of anilines is 1. The molecular formula is C23H29N2O3+. The number of nitrogens with zero attached hydrogens (tertiary/aromatic N) is 1. The van der Waals surface area contributed by atoms with Crippen molar-refractivity contribution < 1.29 is 19.5 Å². The molecule has 1 aliphatic rings. The van der Waals surface area contributed by atoms with Gasteiger partial charge in [-0.25, -0.2) is 0 Å². The minimum absolute atomic E-state index is 0.0923. The Balaban J connectivity index is 1.65. The van der Waals surface area contributed by atoms with Crippen molar-refractivity contribution in [3.05, 3.63) is 65.7 Å². The fourth-order valence-electron chi connectivity index (χ4n) is 3.74. The molecule has 0 radical (unpaired) electrons. The fraction of sp³-hybridized carbons (Fsp3) is 0.348. The van der Waals surface area contributed by atoms with Gasteiger partial charge >= 0.3 is 0 Å². The number of aromatic hydroxyl groups is 1. The number of ketones is 1. The molecule has 5 heteroatoms. The van der Waals surface area contributed by atoms with E-state index in [2.05, 4.69) is 17.5 Å². The highest BCUT2D eigenvalue weighted by Gasteiger charge is 2.22. The van der Waals surface area contributed by atoms with Crippen molar-refractivity contribution in [1.29, 1.82) is 0 Å². The van der Waals surface area contributed by atoms with E-state index >= 15 is 0 Å². The molecule has 0 atom stereocenters. The maximum Gasteiger partial charge on any atom is 0.166 e. The average Bonchev–Trinajstić information content (AvgIpc) is 2.71. The van der Waals surface area contributed by atoms with E-state index in [1.807, 2.05) is 36.4 Å². The number of piperazine rings is 1. The third-order valence-corrected chi connectivity index (χ3v) is 5.36. The molecule has 0 bridgehead atoms. The highest BCUT2D eigenvalue weighted by Crippen LogP contribution is 2.31. The average molecular weight is 381 g/mol. The molecular weight excluding hydrogens is 352 g/mol. The van der Waals surface area contributed by atoms with Gasteiger partial charge in [0.25, 0.3) is 0 Å². The largest absolute Gasteiger partial charge is 0.504 e. The lowest BCUT2D eigenvalue weighted by Gasteiger charge is -2.34. The van der Waals surface area contributed by atoms with Crippen LogP contribution in [0, 0.1) is 0 Å². The number of phenolic OH excluding ortho intramolecular Hbond substituents is 1. The second kappa shape index (κ2) is 8.93. The van der Waals surface area contributed by atoms with Gasteiger partial charge in [-0.15, -0.1) is 6.58 Å². The number of Topliss-reactive ketones (excluding diaryl/α,β-unsaturated/α-hetero) is 1. The quantitative estimate of drug-likeness (QED) is 0.571. The first-order chi connectivity index (χ1) is 13.5. The van der Waals surface area contributed by atoms with Crippen LogP contribution in [-0.2, 0) is 13.0 Å². The van der Waals surface area contributed by atoms with Crippen LogP contribution in [0.25, 0.3) is 0 Å². The zero-order chi connectivity index (χ0) is 20.1. The van der Waals surface area contributed by atoms with E-state index in [0.29, 0.717) is 5.75 Å². The Hall–Kier alpha value is -2.79. The zero-order valence-electron chi connectivity index (χ0n) is 16.7. The number of carbonyl (C=O) groups excluding carboxylic acids is 1. The molecule has 28 heavy (non-hydrogen) atoms. The third-order valence-electron chi connectivity index (χ3n) is 5.36. The van der Waals surface area contributed by atoms with Gasteiger partial charge in [0.15, 0.2) is 17.3 Å². The van der Waals surface area contributed by atoms with Crippen LogP contribution in [0.1, 0.15) is 28.4 Å². The van der Waals surface area contributed by atoms with Gasteiger partial charge in [-0.2, -0.15) is 0 Å². The summed E-state index contributed by atoms with van der Waals surface area (Å²) in [7, 11) is 1.58. The van der Waals surface area contributed by atoms with Crippen molar-refractivity contribution in [2.45, 2.75) is 19.9 Å². The Morgan fingerprint density at radius 3 is 2.50 bits per heavy atom. The summed E-state index contributed by atoms with van der Waals surface area (Å²) in [6, 6.07) is 11.8. The minimum atomic E-state index is 0.0923. The van der Waals surface area contributed by atoms with Crippen LogP contribution in [0.3, 0.4) is 0 Å². The van der Waals surface area contributed by atoms with Crippen molar-refractivity contribution in [2.75, 3.05) is 38.2 Å². The number of ether oxygens (including phenoxy) is 1. The van der Waals surface area contributed by atoms with Gasteiger partial charge in [-0.05, 0) is 55.3 Å². The van der Waals surface area contributed by atoms with Crippen LogP contribution in [0.15, 0.2) is 49.1 Å². The number of benzene rings is 2. The molecule has 2 aromatic carbocycles. The first-order valence-electron chi connectivity index (χ1n) is 9.71. The lowest BCUT2D eigenvalue weighted by atomic mass is 10.0. The first kappa shape index (κ1) is 20.0. The predicted octanol–water partition coefficient (Wildman–Crippen LogP) is 2.24. The first-order valence-corrected chi connectivity index (χ1v) is 9.71. The molecule has 0 spiro atoms. The maximum absolute atomic E-state index is 11.4. The summed E-state index contributed by atoms with van der Waals surface area (Å²) in [6.07, 6.45) is 2.61. The molecule has 0 saturated carbocycles. The summed E-state index contributed by atoms with van der Waals surface area (Å²) >= 11 is 0. The molecule has 5 nitrogen and oxygen atoms in total. The highest BCUT2D eigenvalue weighted by molar-refractivity contribution is 5.94. The number of carbonyl (C=O) groups is 1. The Labute approximate surface area is 166 Å². The molecule has 0 aromatic heterocycles. The van der Waals surface area contributed by atoms with Crippen LogP contribution < -0.4 is 14.5 Å². The molecule has 148 valence electrons. The Morgan fingerprint density at radius 1 is 1.25 bits per heavy atom. The molecule has 0 aliphatic carbocycles. The highest BCUT2D eigenvalue weighted by atomic mass is 16.5. The van der Waals surface area contributed by atoms with Crippen molar-refractivity contribution in [1.82, 2.24) is 0 Å². The van der Waals surface area contributed by atoms with E-state index in [1.54, 1.807) is 14.0 Å². The van der Waals surface area contributed by atoms with E-state index in [1.165, 1.54) is 4.90 Å². The Bertz CT molecular complexity index is 838. The van der Waals surface area contributed by atoms with Gasteiger partial charge in [0.1, 0.15) is 6.54 Å². The standard InChI is InChI=1S/C23H28N2O3/c1-4-5-18-14-20(23(27)22(15-18)28-3)16-24-10-12-25(13-11-24)21-8-6-19(7-9-21)17(2)26/h4,6-9,14-15,27H,1,5,10-13,16H2,2-3H3/p+1. The Kier molecular flexibility index (Phi) is 6.37. The Morgan fingerprint density at radius 2 is 1.93 bits per heavy atom. The molecule has 3 rings (SSSR count). The maximum atomic E-state index is 11.4. The number of quaternary nitrogens is 1. The number of hydrogen-bond donors (Lipinski definition) is 2. The van der Waals surface area contributed by atoms with E-state index in [-0.39, 0.29) is 11.5 Å². The summed E-state index contributed by atoms with van der Waals surface area (Å²) in [5.74, 6) is 0.859. The monoisotopic (exact) mass is 381 g/mol. The van der Waals surface area contributed by atoms with Crippen LogP contribution in [0.5, 0.6) is 11.5 Å². The molecule has 1 aliphatic heterocycles. The number of allylic oxidation sites excluding steroid dienone is 1. The van der Waals surface area contributed by atoms with E-state index in [4.69, 9.17) is 4.74 Å². The summed E-state index contributed by atoms with van der Waals surface area (Å²) in [6.45, 7) is 10.0. The van der Waals surface area contributed by atoms with E-state index < -0.39 is 0 Å². The van der Waals surface area contributed by atoms with Crippen LogP contribution in [0.2, 0.25) is 0 Å². The van der Waals surface area contributed by atoms with Gasteiger partial charge in [0.05, 0.1) is 38.9 Å². The van der Waals surface area contributed by atoms with Gasteiger partial charge < -0.3 is 19.6 Å². The molecule has 2 aromatic rings.